The summed E-state index contributed by atoms with van der Waals surface area (Å²) < 4.78 is 0. The molecule has 0 radical (unpaired) electrons. The molecule has 0 saturated heterocycles. The molecule has 2 aromatic rings. The molecule has 0 saturated carbocycles. The maximum Gasteiger partial charge on any atom is 0.335 e. The van der Waals surface area contributed by atoms with Crippen LogP contribution in [0.2, 0.25) is 0 Å². The molecule has 3 N–H and O–H groups in total. The smallest absolute Gasteiger partial charge is 0.335 e. The van der Waals surface area contributed by atoms with Crippen molar-refractivity contribution >= 4 is 16.7 Å². The number of aromatic carboxylic acids is 1. The summed E-state index contributed by atoms with van der Waals surface area (Å²) in [6.07, 6.45) is 0. The minimum Gasteiger partial charge on any atom is -0.494 e. The lowest BCUT2D eigenvalue weighted by Crippen LogP contribution is -2.03. The zero-order valence-corrected chi connectivity index (χ0v) is 7.52. The van der Waals surface area contributed by atoms with Gasteiger partial charge in [-0.3, -0.25) is 9.78 Å². The number of hydrogen-bond acceptors (Lipinski definition) is 3. The van der Waals surface area contributed by atoms with Crippen molar-refractivity contribution in [3.05, 3.63) is 40.2 Å². The Morgan fingerprint density at radius 2 is 2.00 bits per heavy atom. The number of aromatic nitrogens is 1. The number of carboxylic acid groups (broad SMARTS) is 1. The van der Waals surface area contributed by atoms with Crippen molar-refractivity contribution < 1.29 is 15.0 Å². The fourth-order valence-corrected chi connectivity index (χ4v) is 1.39. The molecule has 0 aliphatic heterocycles. The van der Waals surface area contributed by atoms with E-state index in [1.54, 1.807) is 0 Å². The van der Waals surface area contributed by atoms with Crippen molar-refractivity contribution in [2.45, 2.75) is 0 Å². The van der Waals surface area contributed by atoms with Crippen molar-refractivity contribution in [3.63, 3.8) is 0 Å². The summed E-state index contributed by atoms with van der Waals surface area (Å²) in [4.78, 5) is 23.9. The molecule has 0 fully saturated rings. The summed E-state index contributed by atoms with van der Waals surface area (Å²) in [5.74, 6) is -1.33. The van der Waals surface area contributed by atoms with Crippen molar-refractivity contribution in [1.82, 2.24) is 4.98 Å². The van der Waals surface area contributed by atoms with Crippen LogP contribution in [0.1, 0.15) is 10.4 Å². The minimum absolute atomic E-state index is 0.0764. The lowest BCUT2D eigenvalue weighted by Gasteiger charge is -2.01. The van der Waals surface area contributed by atoms with Crippen molar-refractivity contribution in [3.8, 4) is 5.88 Å². The summed E-state index contributed by atoms with van der Waals surface area (Å²) in [6, 6.07) is 5.39. The number of carboxylic acids is 1. The summed E-state index contributed by atoms with van der Waals surface area (Å²) in [5.41, 5.74) is -0.393. The van der Waals surface area contributed by atoms with E-state index in [-0.39, 0.29) is 11.4 Å². The van der Waals surface area contributed by atoms with E-state index in [1.807, 2.05) is 0 Å². The van der Waals surface area contributed by atoms with Gasteiger partial charge in [0.25, 0.3) is 5.56 Å². The van der Waals surface area contributed by atoms with Crippen molar-refractivity contribution in [2.24, 2.45) is 0 Å². The molecule has 15 heavy (non-hydrogen) atoms. The number of pyridine rings is 1. The average Bonchev–Trinajstić information content (AvgIpc) is 2.16. The molecule has 1 aromatic heterocycles. The molecule has 0 unspecified atom stereocenters. The first kappa shape index (κ1) is 9.26. The third kappa shape index (κ3) is 1.54. The number of rotatable bonds is 1. The van der Waals surface area contributed by atoms with E-state index >= 15 is 0 Å². The van der Waals surface area contributed by atoms with Gasteiger partial charge in [-0.15, -0.1) is 0 Å². The van der Waals surface area contributed by atoms with E-state index in [4.69, 9.17) is 5.11 Å². The Bertz CT molecular complexity index is 600. The summed E-state index contributed by atoms with van der Waals surface area (Å²) >= 11 is 0. The van der Waals surface area contributed by atoms with Crippen molar-refractivity contribution in [1.29, 1.82) is 0 Å². The van der Waals surface area contributed by atoms with Crippen LogP contribution >= 0.6 is 0 Å². The Kier molecular flexibility index (Phi) is 1.93. The molecule has 0 spiro atoms. The first-order valence-electron chi connectivity index (χ1n) is 4.17. The molecular formula is C10H7NO4. The van der Waals surface area contributed by atoms with Crippen LogP contribution in [0.15, 0.2) is 29.1 Å². The van der Waals surface area contributed by atoms with E-state index in [0.29, 0.717) is 10.8 Å². The van der Waals surface area contributed by atoms with Crippen LogP contribution in [-0.4, -0.2) is 21.2 Å². The van der Waals surface area contributed by atoms with Gasteiger partial charge in [-0.05, 0) is 23.6 Å². The molecule has 0 atom stereocenters. The summed E-state index contributed by atoms with van der Waals surface area (Å²) in [6.45, 7) is 0. The lowest BCUT2D eigenvalue weighted by atomic mass is 10.1. The van der Waals surface area contributed by atoms with Crippen LogP contribution < -0.4 is 5.56 Å². The number of benzene rings is 1. The molecular weight excluding hydrogens is 198 g/mol. The molecule has 0 aliphatic rings. The molecule has 1 aromatic carbocycles. The predicted octanol–water partition coefficient (Wildman–Crippen LogP) is 0.932. The Morgan fingerprint density at radius 1 is 1.27 bits per heavy atom. The topological polar surface area (TPSA) is 90.4 Å². The standard InChI is InChI=1S/C10H7NO4/c12-8-4-6-3-5(10(14)15)1-2-7(6)9(13)11-8/h1-4H,(H,14,15)(H2,11,12,13). The van der Waals surface area contributed by atoms with Crippen LogP contribution in [0.25, 0.3) is 10.8 Å². The number of hydrogen-bond donors (Lipinski definition) is 3. The predicted molar refractivity (Wildman–Crippen MR) is 53.2 cm³/mol. The molecule has 1 heterocycles. The van der Waals surface area contributed by atoms with Gasteiger partial charge in [-0.2, -0.15) is 0 Å². The number of aromatic hydroxyl groups is 1. The maximum absolute atomic E-state index is 11.0. The van der Waals surface area contributed by atoms with Gasteiger partial charge in [-0.25, -0.2) is 4.79 Å². The molecule has 2 rings (SSSR count). The molecule has 0 aliphatic carbocycles. The number of H-pyrrole nitrogens is 1. The normalized spacial score (nSPS) is 10.4. The van der Waals surface area contributed by atoms with Crippen LogP contribution in [-0.2, 0) is 0 Å². The Morgan fingerprint density at radius 3 is 2.67 bits per heavy atom. The summed E-state index contributed by atoms with van der Waals surface area (Å²) in [7, 11) is 0. The highest BCUT2D eigenvalue weighted by molar-refractivity contribution is 5.95. The number of fused-ring (bicyclic) bond motifs is 1. The molecule has 0 bridgehead atoms. The number of aromatic amines is 1. The van der Waals surface area contributed by atoms with E-state index in [9.17, 15) is 14.7 Å². The third-order valence-electron chi connectivity index (χ3n) is 2.08. The zero-order valence-electron chi connectivity index (χ0n) is 7.52. The largest absolute Gasteiger partial charge is 0.494 e. The Labute approximate surface area is 83.6 Å². The van der Waals surface area contributed by atoms with Gasteiger partial charge in [0.2, 0.25) is 0 Å². The maximum atomic E-state index is 11.0. The monoisotopic (exact) mass is 205 g/mol. The Balaban J connectivity index is 2.82. The van der Waals surface area contributed by atoms with Crippen LogP contribution in [0.5, 0.6) is 5.88 Å². The SMILES string of the molecule is O=C(O)c1ccc2c(O)[nH]c(=O)cc2c1. The minimum atomic E-state index is -1.07. The second-order valence-electron chi connectivity index (χ2n) is 3.09. The highest BCUT2D eigenvalue weighted by Gasteiger charge is 2.06. The van der Waals surface area contributed by atoms with E-state index in [0.717, 1.165) is 0 Å². The van der Waals surface area contributed by atoms with Crippen LogP contribution in [0.4, 0.5) is 0 Å². The Hall–Kier alpha value is -2.30. The molecule has 0 amide bonds. The van der Waals surface area contributed by atoms with Gasteiger partial charge in [-0.1, -0.05) is 0 Å². The second kappa shape index (κ2) is 3.13. The third-order valence-corrected chi connectivity index (χ3v) is 2.08. The first-order chi connectivity index (χ1) is 7.08. The van der Waals surface area contributed by atoms with E-state index < -0.39 is 11.5 Å². The van der Waals surface area contributed by atoms with Crippen LogP contribution in [0, 0.1) is 0 Å². The fourth-order valence-electron chi connectivity index (χ4n) is 1.39. The van der Waals surface area contributed by atoms with E-state index in [2.05, 4.69) is 4.98 Å². The van der Waals surface area contributed by atoms with Gasteiger partial charge < -0.3 is 10.2 Å². The summed E-state index contributed by atoms with van der Waals surface area (Å²) in [5, 5.41) is 18.9. The van der Waals surface area contributed by atoms with Crippen molar-refractivity contribution in [2.75, 3.05) is 0 Å². The highest BCUT2D eigenvalue weighted by atomic mass is 16.4. The fraction of sp³-hybridized carbons (Fsp3) is 0. The number of carbonyl (C=O) groups is 1. The van der Waals surface area contributed by atoms with Gasteiger partial charge in [0, 0.05) is 11.5 Å². The van der Waals surface area contributed by atoms with Gasteiger partial charge in [0.1, 0.15) is 0 Å². The van der Waals surface area contributed by atoms with Gasteiger partial charge >= 0.3 is 5.97 Å². The zero-order chi connectivity index (χ0) is 11.0. The van der Waals surface area contributed by atoms with E-state index in [1.165, 1.54) is 24.3 Å². The average molecular weight is 205 g/mol. The number of nitrogens with one attached hydrogen (secondary N) is 1. The van der Waals surface area contributed by atoms with Gasteiger partial charge in [0.05, 0.1) is 5.56 Å². The van der Waals surface area contributed by atoms with Gasteiger partial charge in [0.15, 0.2) is 5.88 Å². The van der Waals surface area contributed by atoms with Crippen LogP contribution in [0.3, 0.4) is 0 Å². The molecule has 76 valence electrons. The molecule has 5 heteroatoms. The second-order valence-corrected chi connectivity index (χ2v) is 3.09. The highest BCUT2D eigenvalue weighted by Crippen LogP contribution is 2.21. The first-order valence-corrected chi connectivity index (χ1v) is 4.17. The lowest BCUT2D eigenvalue weighted by molar-refractivity contribution is 0.0697. The quantitative estimate of drug-likeness (QED) is 0.646. The molecule has 5 nitrogen and oxygen atoms in total.